The molecule has 0 bridgehead atoms. The van der Waals surface area contributed by atoms with Gasteiger partial charge in [-0.25, -0.2) is 0 Å². The second-order valence-electron chi connectivity index (χ2n) is 6.00. The Kier molecular flexibility index (Phi) is 4.72. The molecule has 3 aromatic rings. The van der Waals surface area contributed by atoms with Crippen molar-refractivity contribution >= 4 is 11.0 Å². The van der Waals surface area contributed by atoms with Gasteiger partial charge in [0.1, 0.15) is 17.1 Å². The molecule has 0 saturated carbocycles. The number of fused-ring (bicyclic) bond motifs is 1. The van der Waals surface area contributed by atoms with E-state index in [1.165, 1.54) is 12.1 Å². The van der Waals surface area contributed by atoms with Gasteiger partial charge in [0, 0.05) is 5.39 Å². The zero-order valence-electron chi connectivity index (χ0n) is 13.6. The topological polar surface area (TPSA) is 48.4 Å². The first-order valence-corrected chi connectivity index (χ1v) is 7.93. The minimum Gasteiger partial charge on any atom is -0.459 e. The lowest BCUT2D eigenvalue weighted by atomic mass is 10.0. The van der Waals surface area contributed by atoms with Crippen LogP contribution < -0.4 is 10.5 Å². The summed E-state index contributed by atoms with van der Waals surface area (Å²) in [6.45, 7) is 1.87. The zero-order valence-corrected chi connectivity index (χ0v) is 13.6. The van der Waals surface area contributed by atoms with Gasteiger partial charge in [-0.05, 0) is 55.2 Å². The molecule has 3 nitrogen and oxygen atoms in total. The largest absolute Gasteiger partial charge is 0.573 e. The summed E-state index contributed by atoms with van der Waals surface area (Å²) < 4.78 is 46.1. The lowest BCUT2D eigenvalue weighted by Crippen LogP contribution is -2.17. The fourth-order valence-corrected chi connectivity index (χ4v) is 2.62. The van der Waals surface area contributed by atoms with Gasteiger partial charge in [-0.3, -0.25) is 0 Å². The smallest absolute Gasteiger partial charge is 0.459 e. The van der Waals surface area contributed by atoms with E-state index in [9.17, 15) is 13.2 Å². The molecule has 0 saturated heterocycles. The van der Waals surface area contributed by atoms with Crippen LogP contribution in [0.2, 0.25) is 0 Å². The Bertz CT molecular complexity index is 851. The normalized spacial score (nSPS) is 13.2. The molecule has 3 rings (SSSR count). The maximum Gasteiger partial charge on any atom is 0.573 e. The molecule has 0 amide bonds. The predicted molar refractivity (Wildman–Crippen MR) is 89.3 cm³/mol. The molecular formula is C19H18F3NO2. The Labute approximate surface area is 143 Å². The number of halogens is 3. The third-order valence-corrected chi connectivity index (χ3v) is 3.91. The first-order chi connectivity index (χ1) is 11.8. The van der Waals surface area contributed by atoms with Crippen LogP contribution in [0.1, 0.15) is 29.9 Å². The van der Waals surface area contributed by atoms with Crippen molar-refractivity contribution in [2.24, 2.45) is 5.73 Å². The van der Waals surface area contributed by atoms with Crippen LogP contribution in [0.15, 0.2) is 52.9 Å². The minimum atomic E-state index is -4.67. The Morgan fingerprint density at radius 3 is 2.28 bits per heavy atom. The van der Waals surface area contributed by atoms with E-state index in [1.54, 1.807) is 12.1 Å². The number of ether oxygens (including phenoxy) is 1. The van der Waals surface area contributed by atoms with Crippen LogP contribution in [0.5, 0.6) is 5.75 Å². The monoisotopic (exact) mass is 349 g/mol. The molecule has 1 unspecified atom stereocenters. The standard InChI is InChI=1S/C19H18F3NO2/c1-12(23)17-11-15-7-4-14(10-18(15)24-17)3-2-13-5-8-16(9-6-13)25-19(20,21)22/h4-12H,2-3,23H2,1H3. The van der Waals surface area contributed by atoms with E-state index < -0.39 is 6.36 Å². The van der Waals surface area contributed by atoms with Crippen molar-refractivity contribution in [2.45, 2.75) is 32.2 Å². The van der Waals surface area contributed by atoms with E-state index in [0.29, 0.717) is 6.42 Å². The Morgan fingerprint density at radius 1 is 1.00 bits per heavy atom. The molecule has 0 radical (unpaired) electrons. The van der Waals surface area contributed by atoms with Gasteiger partial charge in [0.25, 0.3) is 0 Å². The van der Waals surface area contributed by atoms with Crippen LogP contribution in [-0.2, 0) is 12.8 Å². The number of furan rings is 1. The molecule has 2 aromatic carbocycles. The number of alkyl halides is 3. The van der Waals surface area contributed by atoms with E-state index in [2.05, 4.69) is 4.74 Å². The molecule has 1 aromatic heterocycles. The van der Waals surface area contributed by atoms with Crippen LogP contribution in [-0.4, -0.2) is 6.36 Å². The fourth-order valence-electron chi connectivity index (χ4n) is 2.62. The fraction of sp³-hybridized carbons (Fsp3) is 0.263. The van der Waals surface area contributed by atoms with Gasteiger partial charge in [-0.2, -0.15) is 0 Å². The van der Waals surface area contributed by atoms with Gasteiger partial charge in [-0.1, -0.05) is 24.3 Å². The molecule has 6 heteroatoms. The molecule has 0 fully saturated rings. The Hall–Kier alpha value is -2.47. The van der Waals surface area contributed by atoms with Gasteiger partial charge >= 0.3 is 6.36 Å². The molecule has 0 aliphatic rings. The molecule has 0 spiro atoms. The summed E-state index contributed by atoms with van der Waals surface area (Å²) in [6.07, 6.45) is -3.21. The van der Waals surface area contributed by atoms with Crippen molar-refractivity contribution < 1.29 is 22.3 Å². The highest BCUT2D eigenvalue weighted by molar-refractivity contribution is 5.78. The van der Waals surface area contributed by atoms with Crippen LogP contribution in [0.4, 0.5) is 13.2 Å². The van der Waals surface area contributed by atoms with E-state index >= 15 is 0 Å². The number of hydrogen-bond acceptors (Lipinski definition) is 3. The molecule has 25 heavy (non-hydrogen) atoms. The molecule has 1 atom stereocenters. The average molecular weight is 349 g/mol. The lowest BCUT2D eigenvalue weighted by Gasteiger charge is -2.09. The molecule has 2 N–H and O–H groups in total. The zero-order chi connectivity index (χ0) is 18.0. The van der Waals surface area contributed by atoms with Crippen LogP contribution in [0, 0.1) is 0 Å². The Balaban J connectivity index is 1.65. The van der Waals surface area contributed by atoms with E-state index in [1.807, 2.05) is 31.2 Å². The van der Waals surface area contributed by atoms with Crippen molar-refractivity contribution in [1.29, 1.82) is 0 Å². The molecule has 0 aliphatic carbocycles. The first-order valence-electron chi connectivity index (χ1n) is 7.93. The van der Waals surface area contributed by atoms with Crippen molar-refractivity contribution in [3.63, 3.8) is 0 Å². The number of hydrogen-bond donors (Lipinski definition) is 1. The summed E-state index contributed by atoms with van der Waals surface area (Å²) >= 11 is 0. The number of rotatable bonds is 5. The van der Waals surface area contributed by atoms with Gasteiger partial charge < -0.3 is 14.9 Å². The van der Waals surface area contributed by atoms with E-state index in [0.717, 1.165) is 34.3 Å². The molecular weight excluding hydrogens is 331 g/mol. The summed E-state index contributed by atoms with van der Waals surface area (Å²) in [4.78, 5) is 0. The van der Waals surface area contributed by atoms with E-state index in [4.69, 9.17) is 10.2 Å². The average Bonchev–Trinajstić information content (AvgIpc) is 2.96. The maximum atomic E-state index is 12.2. The summed E-state index contributed by atoms with van der Waals surface area (Å²) in [6, 6.07) is 13.7. The van der Waals surface area contributed by atoms with Crippen LogP contribution in [0.25, 0.3) is 11.0 Å². The third kappa shape index (κ3) is 4.54. The summed E-state index contributed by atoms with van der Waals surface area (Å²) in [7, 11) is 0. The Morgan fingerprint density at radius 2 is 1.64 bits per heavy atom. The second kappa shape index (κ2) is 6.80. The molecule has 132 valence electrons. The van der Waals surface area contributed by atoms with Crippen molar-refractivity contribution in [3.8, 4) is 5.75 Å². The summed E-state index contributed by atoms with van der Waals surface area (Å²) in [5, 5.41) is 1.00. The number of aryl methyl sites for hydroxylation is 2. The van der Waals surface area contributed by atoms with Gasteiger partial charge in [0.2, 0.25) is 0 Å². The SMILES string of the molecule is CC(N)c1cc2ccc(CCc3ccc(OC(F)(F)F)cc3)cc2o1. The predicted octanol–water partition coefficient (Wildman–Crippen LogP) is 5.14. The van der Waals surface area contributed by atoms with Gasteiger partial charge in [-0.15, -0.1) is 13.2 Å². The van der Waals surface area contributed by atoms with Crippen LogP contribution >= 0.6 is 0 Å². The van der Waals surface area contributed by atoms with E-state index in [-0.39, 0.29) is 11.8 Å². The lowest BCUT2D eigenvalue weighted by molar-refractivity contribution is -0.274. The van der Waals surface area contributed by atoms with Gasteiger partial charge in [0.05, 0.1) is 6.04 Å². The third-order valence-electron chi connectivity index (χ3n) is 3.91. The van der Waals surface area contributed by atoms with Gasteiger partial charge in [0.15, 0.2) is 0 Å². The number of benzene rings is 2. The molecule has 1 heterocycles. The van der Waals surface area contributed by atoms with Crippen LogP contribution in [0.3, 0.4) is 0 Å². The highest BCUT2D eigenvalue weighted by atomic mass is 19.4. The summed E-state index contributed by atoms with van der Waals surface area (Å²) in [5.74, 6) is 0.532. The first kappa shape index (κ1) is 17.4. The number of nitrogens with two attached hydrogens (primary N) is 1. The minimum absolute atomic E-state index is 0.159. The maximum absolute atomic E-state index is 12.2. The second-order valence-corrected chi connectivity index (χ2v) is 6.00. The van der Waals surface area contributed by atoms with Crippen molar-refractivity contribution in [1.82, 2.24) is 0 Å². The quantitative estimate of drug-likeness (QED) is 0.694. The highest BCUT2D eigenvalue weighted by Gasteiger charge is 2.30. The molecule has 0 aliphatic heterocycles. The highest BCUT2D eigenvalue weighted by Crippen LogP contribution is 2.25. The van der Waals surface area contributed by atoms with Crippen molar-refractivity contribution in [2.75, 3.05) is 0 Å². The summed E-state index contributed by atoms with van der Waals surface area (Å²) in [5.41, 5.74) is 8.64. The van der Waals surface area contributed by atoms with Crippen molar-refractivity contribution in [3.05, 3.63) is 65.4 Å².